The van der Waals surface area contributed by atoms with E-state index >= 15 is 0 Å². The summed E-state index contributed by atoms with van der Waals surface area (Å²) in [5.41, 5.74) is 0.304. The number of rotatable bonds is 2. The third kappa shape index (κ3) is 3.19. The van der Waals surface area contributed by atoms with Gasteiger partial charge in [-0.3, -0.25) is 0 Å². The minimum absolute atomic E-state index is 0.319. The number of carbonyl (C=O) groups is 1. The molecule has 1 N–H and O–H groups in total. The Morgan fingerprint density at radius 1 is 1.42 bits per heavy atom. The van der Waals surface area contributed by atoms with Crippen LogP contribution in [-0.2, 0) is 4.74 Å². The largest absolute Gasteiger partial charge is 0.455 e. The molecule has 2 heterocycles. The molecule has 2 aromatic rings. The second kappa shape index (κ2) is 5.02. The highest BCUT2D eigenvalue weighted by atomic mass is 35.5. The zero-order chi connectivity index (χ0) is 14.2. The van der Waals surface area contributed by atoms with Gasteiger partial charge in [-0.25, -0.2) is 14.8 Å². The van der Waals surface area contributed by atoms with Crippen molar-refractivity contribution in [2.24, 2.45) is 0 Å². The maximum atomic E-state index is 11.9. The van der Waals surface area contributed by atoms with Crippen LogP contribution in [0.2, 0.25) is 5.15 Å². The first-order valence-electron chi connectivity index (χ1n) is 5.64. The van der Waals surface area contributed by atoms with E-state index in [1.54, 1.807) is 6.07 Å². The van der Waals surface area contributed by atoms with Gasteiger partial charge < -0.3 is 9.72 Å². The maximum Gasteiger partial charge on any atom is 0.355 e. The molecule has 0 saturated heterocycles. The van der Waals surface area contributed by atoms with E-state index in [4.69, 9.17) is 16.3 Å². The van der Waals surface area contributed by atoms with Crippen molar-refractivity contribution < 1.29 is 9.53 Å². The molecule has 5 nitrogen and oxygen atoms in total. The van der Waals surface area contributed by atoms with E-state index in [1.165, 1.54) is 11.8 Å². The molecule has 0 aliphatic rings. The van der Waals surface area contributed by atoms with E-state index in [1.807, 2.05) is 27.0 Å². The zero-order valence-electron chi connectivity index (χ0n) is 11.1. The number of hydrogen-bond acceptors (Lipinski definition) is 5. The highest BCUT2D eigenvalue weighted by Gasteiger charge is 2.20. The van der Waals surface area contributed by atoms with Crippen molar-refractivity contribution >= 4 is 40.4 Å². The fourth-order valence-electron chi connectivity index (χ4n) is 1.49. The van der Waals surface area contributed by atoms with Gasteiger partial charge in [-0.15, -0.1) is 0 Å². The van der Waals surface area contributed by atoms with Gasteiger partial charge >= 0.3 is 5.97 Å². The predicted molar refractivity (Wildman–Crippen MR) is 75.8 cm³/mol. The number of carbonyl (C=O) groups excluding carboxylic acids is 1. The number of nitrogens with one attached hydrogen (secondary N) is 1. The predicted octanol–water partition coefficient (Wildman–Crippen LogP) is 3.29. The molecule has 0 aliphatic carbocycles. The maximum absolute atomic E-state index is 11.9. The molecule has 19 heavy (non-hydrogen) atoms. The quantitative estimate of drug-likeness (QED) is 0.399. The molecule has 0 aliphatic heterocycles. The van der Waals surface area contributed by atoms with Crippen LogP contribution in [0.3, 0.4) is 0 Å². The van der Waals surface area contributed by atoms with Crippen molar-refractivity contribution in [2.75, 3.05) is 6.26 Å². The van der Waals surface area contributed by atoms with Crippen molar-refractivity contribution in [3.8, 4) is 0 Å². The molecule has 0 atom stereocenters. The van der Waals surface area contributed by atoms with Crippen LogP contribution in [0.15, 0.2) is 11.2 Å². The first-order valence-corrected chi connectivity index (χ1v) is 7.24. The van der Waals surface area contributed by atoms with Gasteiger partial charge in [-0.05, 0) is 33.1 Å². The summed E-state index contributed by atoms with van der Waals surface area (Å²) in [5, 5.41) is 1.48. The second-order valence-corrected chi connectivity index (χ2v) is 6.08. The van der Waals surface area contributed by atoms with Gasteiger partial charge in [0.1, 0.15) is 22.1 Å². The lowest BCUT2D eigenvalue weighted by molar-refractivity contribution is 0.00638. The third-order valence-corrected chi connectivity index (χ3v) is 3.06. The van der Waals surface area contributed by atoms with Crippen LogP contribution in [0, 0.1) is 0 Å². The number of aromatic amines is 1. The van der Waals surface area contributed by atoms with E-state index in [9.17, 15) is 4.79 Å². The van der Waals surface area contributed by atoms with Crippen LogP contribution >= 0.6 is 23.4 Å². The summed E-state index contributed by atoms with van der Waals surface area (Å²) in [6.07, 6.45) is 1.86. The third-order valence-electron chi connectivity index (χ3n) is 2.22. The number of halogens is 1. The van der Waals surface area contributed by atoms with Crippen molar-refractivity contribution in [3.05, 3.63) is 16.9 Å². The Hall–Kier alpha value is -1.27. The molecular weight excluding hydrogens is 286 g/mol. The van der Waals surface area contributed by atoms with Crippen LogP contribution in [0.4, 0.5) is 0 Å². The SMILES string of the molecule is CSc1nc(Cl)c2cc(C(=O)OC(C)(C)C)[nH]c2n1. The summed E-state index contributed by atoms with van der Waals surface area (Å²) in [6.45, 7) is 5.44. The van der Waals surface area contributed by atoms with Gasteiger partial charge in [-0.2, -0.15) is 0 Å². The van der Waals surface area contributed by atoms with Gasteiger partial charge in [0, 0.05) is 0 Å². The monoisotopic (exact) mass is 299 g/mol. The average molecular weight is 300 g/mol. The van der Waals surface area contributed by atoms with Gasteiger partial charge in [0.05, 0.1) is 5.39 Å². The summed E-state index contributed by atoms with van der Waals surface area (Å²) < 4.78 is 5.28. The van der Waals surface area contributed by atoms with Crippen LogP contribution in [0.5, 0.6) is 0 Å². The second-order valence-electron chi connectivity index (χ2n) is 4.95. The first kappa shape index (κ1) is 14.1. The van der Waals surface area contributed by atoms with Gasteiger partial charge in [0.25, 0.3) is 0 Å². The number of hydrogen-bond donors (Lipinski definition) is 1. The van der Waals surface area contributed by atoms with Crippen molar-refractivity contribution in [1.82, 2.24) is 15.0 Å². The molecular formula is C12H14ClN3O2S. The van der Waals surface area contributed by atoms with E-state index in [2.05, 4.69) is 15.0 Å². The van der Waals surface area contributed by atoms with Crippen LogP contribution < -0.4 is 0 Å². The fraction of sp³-hybridized carbons (Fsp3) is 0.417. The Morgan fingerprint density at radius 2 is 2.11 bits per heavy atom. The molecule has 0 aromatic carbocycles. The molecule has 0 amide bonds. The summed E-state index contributed by atoms with van der Waals surface area (Å²) >= 11 is 7.44. The molecule has 2 rings (SSSR count). The van der Waals surface area contributed by atoms with Gasteiger partial charge in [0.15, 0.2) is 5.16 Å². The summed E-state index contributed by atoms with van der Waals surface area (Å²) in [5.74, 6) is -0.438. The van der Waals surface area contributed by atoms with Crippen LogP contribution in [-0.4, -0.2) is 32.8 Å². The lowest BCUT2D eigenvalue weighted by Crippen LogP contribution is -2.24. The standard InChI is InChI=1S/C12H14ClN3O2S/c1-12(2,3)18-10(17)7-5-6-8(13)15-11(19-4)16-9(6)14-7/h5H,1-4H3,(H,14,15,16). The van der Waals surface area contributed by atoms with E-state index < -0.39 is 11.6 Å². The molecule has 0 radical (unpaired) electrons. The topological polar surface area (TPSA) is 67.9 Å². The lowest BCUT2D eigenvalue weighted by atomic mass is 10.2. The van der Waals surface area contributed by atoms with E-state index in [0.717, 1.165) is 0 Å². The first-order chi connectivity index (χ1) is 8.80. The molecule has 0 unspecified atom stereocenters. The number of fused-ring (bicyclic) bond motifs is 1. The molecule has 0 bridgehead atoms. The molecule has 0 saturated carbocycles. The smallest absolute Gasteiger partial charge is 0.355 e. The van der Waals surface area contributed by atoms with Crippen molar-refractivity contribution in [3.63, 3.8) is 0 Å². The highest BCUT2D eigenvalue weighted by Crippen LogP contribution is 2.25. The van der Waals surface area contributed by atoms with Gasteiger partial charge in [-0.1, -0.05) is 23.4 Å². The average Bonchev–Trinajstić information content (AvgIpc) is 2.71. The van der Waals surface area contributed by atoms with Crippen molar-refractivity contribution in [1.29, 1.82) is 0 Å². The number of ether oxygens (including phenoxy) is 1. The Bertz CT molecular complexity index is 634. The minimum atomic E-state index is -0.547. The Balaban J connectivity index is 2.41. The lowest BCUT2D eigenvalue weighted by Gasteiger charge is -2.18. The van der Waals surface area contributed by atoms with Gasteiger partial charge in [0.2, 0.25) is 0 Å². The van der Waals surface area contributed by atoms with E-state index in [-0.39, 0.29) is 0 Å². The number of aromatic nitrogens is 3. The van der Waals surface area contributed by atoms with E-state index in [0.29, 0.717) is 27.0 Å². The summed E-state index contributed by atoms with van der Waals surface area (Å²) in [4.78, 5) is 23.2. The van der Waals surface area contributed by atoms with Crippen molar-refractivity contribution in [2.45, 2.75) is 31.5 Å². The number of thioether (sulfide) groups is 1. The highest BCUT2D eigenvalue weighted by molar-refractivity contribution is 7.98. The molecule has 0 fully saturated rings. The Labute approximate surface area is 120 Å². The fourth-order valence-corrected chi connectivity index (χ4v) is 2.13. The number of esters is 1. The molecule has 102 valence electrons. The van der Waals surface area contributed by atoms with Crippen LogP contribution in [0.1, 0.15) is 31.3 Å². The Kier molecular flexibility index (Phi) is 3.73. The zero-order valence-corrected chi connectivity index (χ0v) is 12.6. The summed E-state index contributed by atoms with van der Waals surface area (Å²) in [6, 6.07) is 1.61. The molecule has 0 spiro atoms. The normalized spacial score (nSPS) is 11.8. The Morgan fingerprint density at radius 3 is 2.68 bits per heavy atom. The minimum Gasteiger partial charge on any atom is -0.455 e. The number of H-pyrrole nitrogens is 1. The number of nitrogens with zero attached hydrogens (tertiary/aromatic N) is 2. The van der Waals surface area contributed by atoms with Crippen LogP contribution in [0.25, 0.3) is 11.0 Å². The molecule has 7 heteroatoms. The summed E-state index contributed by atoms with van der Waals surface area (Å²) in [7, 11) is 0. The molecule has 2 aromatic heterocycles.